The van der Waals surface area contributed by atoms with Gasteiger partial charge in [-0.05, 0) is 22.9 Å². The van der Waals surface area contributed by atoms with Crippen molar-refractivity contribution in [3.05, 3.63) is 65.3 Å². The van der Waals surface area contributed by atoms with Crippen LogP contribution < -0.4 is 10.9 Å². The molecule has 0 aliphatic heterocycles. The molecule has 0 unspecified atom stereocenters. The van der Waals surface area contributed by atoms with Gasteiger partial charge in [-0.25, -0.2) is 9.67 Å². The number of rotatable bonds is 3. The SMILES string of the molecule is CC(=O)NNC(=O)c1csc(-n2nc(-c3ccc4ccccc4c3)cc2C(F)(F)F)n1. The second-order valence-electron chi connectivity index (χ2n) is 6.54. The van der Waals surface area contributed by atoms with Crippen molar-refractivity contribution < 1.29 is 22.8 Å². The molecule has 2 N–H and O–H groups in total. The van der Waals surface area contributed by atoms with Gasteiger partial charge in [-0.3, -0.25) is 20.4 Å². The van der Waals surface area contributed by atoms with Crippen LogP contribution in [0.2, 0.25) is 0 Å². The summed E-state index contributed by atoms with van der Waals surface area (Å²) < 4.78 is 41.7. The van der Waals surface area contributed by atoms with Gasteiger partial charge < -0.3 is 0 Å². The van der Waals surface area contributed by atoms with Crippen molar-refractivity contribution in [2.75, 3.05) is 0 Å². The van der Waals surface area contributed by atoms with E-state index in [-0.39, 0.29) is 16.5 Å². The highest BCUT2D eigenvalue weighted by Crippen LogP contribution is 2.35. The third kappa shape index (κ3) is 4.26. The van der Waals surface area contributed by atoms with Crippen molar-refractivity contribution in [2.45, 2.75) is 13.1 Å². The predicted molar refractivity (Wildman–Crippen MR) is 108 cm³/mol. The molecule has 0 fully saturated rings. The van der Waals surface area contributed by atoms with E-state index in [1.807, 2.05) is 30.3 Å². The van der Waals surface area contributed by atoms with Gasteiger partial charge in [0, 0.05) is 17.9 Å². The van der Waals surface area contributed by atoms with E-state index in [0.29, 0.717) is 10.2 Å². The van der Waals surface area contributed by atoms with Crippen molar-refractivity contribution in [1.82, 2.24) is 25.6 Å². The number of halogens is 3. The highest BCUT2D eigenvalue weighted by Gasteiger charge is 2.37. The fourth-order valence-corrected chi connectivity index (χ4v) is 3.66. The lowest BCUT2D eigenvalue weighted by Crippen LogP contribution is -2.40. The number of nitrogens with zero attached hydrogens (tertiary/aromatic N) is 3. The van der Waals surface area contributed by atoms with Gasteiger partial charge in [0.2, 0.25) is 11.0 Å². The van der Waals surface area contributed by atoms with Gasteiger partial charge in [0.25, 0.3) is 5.91 Å². The summed E-state index contributed by atoms with van der Waals surface area (Å²) in [5.41, 5.74) is 3.68. The Bertz CT molecular complexity index is 1300. The molecule has 0 atom stereocenters. The Balaban J connectivity index is 1.73. The molecule has 11 heteroatoms. The molecule has 0 radical (unpaired) electrons. The second-order valence-corrected chi connectivity index (χ2v) is 7.37. The number of alkyl halides is 3. The van der Waals surface area contributed by atoms with E-state index in [4.69, 9.17) is 0 Å². The first kappa shape index (κ1) is 20.5. The van der Waals surface area contributed by atoms with Gasteiger partial charge in [-0.2, -0.15) is 18.3 Å². The Kier molecular flexibility index (Phi) is 5.19. The molecule has 7 nitrogen and oxygen atoms in total. The third-order valence-electron chi connectivity index (χ3n) is 4.30. The molecule has 158 valence electrons. The topological polar surface area (TPSA) is 88.9 Å². The number of hydrogen-bond acceptors (Lipinski definition) is 5. The number of fused-ring (bicyclic) bond motifs is 1. The van der Waals surface area contributed by atoms with Crippen LogP contribution in [0, 0.1) is 0 Å². The second kappa shape index (κ2) is 7.84. The molecule has 4 aromatic rings. The molecular formula is C20H14F3N5O2S. The molecule has 0 saturated carbocycles. The normalized spacial score (nSPS) is 11.5. The van der Waals surface area contributed by atoms with Crippen LogP contribution in [0.15, 0.2) is 53.9 Å². The number of hydrogen-bond donors (Lipinski definition) is 2. The summed E-state index contributed by atoms with van der Waals surface area (Å²) in [6.45, 7) is 1.19. The quantitative estimate of drug-likeness (QED) is 0.468. The fraction of sp³-hybridized carbons (Fsp3) is 0.100. The minimum Gasteiger partial charge on any atom is -0.274 e. The summed E-state index contributed by atoms with van der Waals surface area (Å²) in [6.07, 6.45) is -4.69. The van der Waals surface area contributed by atoms with Crippen LogP contribution in [0.5, 0.6) is 0 Å². The van der Waals surface area contributed by atoms with E-state index in [1.165, 1.54) is 12.3 Å². The van der Waals surface area contributed by atoms with Gasteiger partial charge in [0.15, 0.2) is 5.69 Å². The van der Waals surface area contributed by atoms with E-state index in [9.17, 15) is 22.8 Å². The molecular weight excluding hydrogens is 431 g/mol. The summed E-state index contributed by atoms with van der Waals surface area (Å²) >= 11 is 0.822. The molecule has 2 amide bonds. The first-order chi connectivity index (χ1) is 14.7. The molecule has 4 rings (SSSR count). The number of nitrogens with one attached hydrogen (secondary N) is 2. The molecule has 31 heavy (non-hydrogen) atoms. The molecule has 0 spiro atoms. The fourth-order valence-electron chi connectivity index (χ4n) is 2.89. The van der Waals surface area contributed by atoms with Crippen LogP contribution in [-0.4, -0.2) is 26.6 Å². The molecule has 0 aliphatic rings. The van der Waals surface area contributed by atoms with Crippen molar-refractivity contribution in [2.24, 2.45) is 0 Å². The molecule has 2 aromatic carbocycles. The lowest BCUT2D eigenvalue weighted by molar-refractivity contribution is -0.142. The maximum atomic E-state index is 13.7. The standard InChI is InChI=1S/C20H14F3N5O2S/c1-11(29)25-26-18(30)16-10-31-19(24-16)28-17(20(21,22)23)9-15(27-28)14-7-6-12-4-2-3-5-13(12)8-14/h2-10H,1H3,(H,25,29)(H,26,30). The van der Waals surface area contributed by atoms with Crippen molar-refractivity contribution in [3.63, 3.8) is 0 Å². The monoisotopic (exact) mass is 445 g/mol. The zero-order chi connectivity index (χ0) is 22.2. The first-order valence-electron chi connectivity index (χ1n) is 8.91. The summed E-state index contributed by atoms with van der Waals surface area (Å²) in [5.74, 6) is -1.26. The zero-order valence-corrected chi connectivity index (χ0v) is 16.7. The highest BCUT2D eigenvalue weighted by molar-refractivity contribution is 7.12. The van der Waals surface area contributed by atoms with Crippen molar-refractivity contribution >= 4 is 33.9 Å². The molecule has 2 aromatic heterocycles. The van der Waals surface area contributed by atoms with E-state index in [0.717, 1.165) is 28.2 Å². The van der Waals surface area contributed by atoms with Gasteiger partial charge in [-0.1, -0.05) is 36.4 Å². The summed E-state index contributed by atoms with van der Waals surface area (Å²) in [7, 11) is 0. The Hall–Kier alpha value is -3.73. The maximum absolute atomic E-state index is 13.7. The Morgan fingerprint density at radius 1 is 1.03 bits per heavy atom. The molecule has 0 saturated heterocycles. The first-order valence-corrected chi connectivity index (χ1v) is 9.79. The summed E-state index contributed by atoms with van der Waals surface area (Å²) in [5, 5.41) is 7.09. The van der Waals surface area contributed by atoms with Crippen LogP contribution in [0.25, 0.3) is 27.2 Å². The van der Waals surface area contributed by atoms with E-state index >= 15 is 0 Å². The van der Waals surface area contributed by atoms with Gasteiger partial charge >= 0.3 is 6.18 Å². The zero-order valence-electron chi connectivity index (χ0n) is 15.9. The highest BCUT2D eigenvalue weighted by atomic mass is 32.1. The number of carbonyl (C=O) groups is 2. The van der Waals surface area contributed by atoms with Gasteiger partial charge in [0.1, 0.15) is 5.69 Å². The summed E-state index contributed by atoms with van der Waals surface area (Å²) in [4.78, 5) is 26.8. The van der Waals surface area contributed by atoms with E-state index in [2.05, 4.69) is 20.9 Å². The van der Waals surface area contributed by atoms with Crippen LogP contribution in [0.1, 0.15) is 23.1 Å². The van der Waals surface area contributed by atoms with E-state index < -0.39 is 23.7 Å². The van der Waals surface area contributed by atoms with Crippen molar-refractivity contribution in [3.8, 4) is 16.4 Å². The number of hydrazine groups is 1. The molecule has 2 heterocycles. The Morgan fingerprint density at radius 2 is 1.77 bits per heavy atom. The van der Waals surface area contributed by atoms with Crippen LogP contribution >= 0.6 is 11.3 Å². The number of benzene rings is 2. The Labute approximate surface area is 177 Å². The van der Waals surface area contributed by atoms with Crippen LogP contribution in [0.3, 0.4) is 0 Å². The molecule has 0 aliphatic carbocycles. The van der Waals surface area contributed by atoms with Crippen LogP contribution in [0.4, 0.5) is 13.2 Å². The van der Waals surface area contributed by atoms with Crippen molar-refractivity contribution in [1.29, 1.82) is 0 Å². The Morgan fingerprint density at radius 3 is 2.48 bits per heavy atom. The number of carbonyl (C=O) groups excluding carboxylic acids is 2. The average Bonchev–Trinajstić information content (AvgIpc) is 3.38. The minimum absolute atomic E-state index is 0.123. The number of aromatic nitrogens is 3. The van der Waals surface area contributed by atoms with Gasteiger partial charge in [0.05, 0.1) is 5.69 Å². The average molecular weight is 445 g/mol. The largest absolute Gasteiger partial charge is 0.433 e. The number of amides is 2. The minimum atomic E-state index is -4.69. The van der Waals surface area contributed by atoms with Crippen LogP contribution in [-0.2, 0) is 11.0 Å². The van der Waals surface area contributed by atoms with E-state index in [1.54, 1.807) is 12.1 Å². The third-order valence-corrected chi connectivity index (χ3v) is 5.12. The lowest BCUT2D eigenvalue weighted by Gasteiger charge is -2.07. The summed E-state index contributed by atoms with van der Waals surface area (Å²) in [6, 6.07) is 13.7. The smallest absolute Gasteiger partial charge is 0.274 e. The molecule has 0 bridgehead atoms. The predicted octanol–water partition coefficient (Wildman–Crippen LogP) is 3.95. The lowest BCUT2D eigenvalue weighted by atomic mass is 10.1. The number of thiazole rings is 1. The maximum Gasteiger partial charge on any atom is 0.433 e. The van der Waals surface area contributed by atoms with Gasteiger partial charge in [-0.15, -0.1) is 11.3 Å².